The lowest BCUT2D eigenvalue weighted by Gasteiger charge is -2.11. The minimum Gasteiger partial charge on any atom is -0.335 e. The fourth-order valence-corrected chi connectivity index (χ4v) is 3.62. The molecule has 0 bridgehead atoms. The van der Waals surface area contributed by atoms with Crippen LogP contribution < -0.4 is 5.32 Å². The predicted molar refractivity (Wildman–Crippen MR) is 78.9 cm³/mol. The summed E-state index contributed by atoms with van der Waals surface area (Å²) in [6, 6.07) is 6.22. The lowest BCUT2D eigenvalue weighted by Crippen LogP contribution is -2.09. The van der Waals surface area contributed by atoms with Gasteiger partial charge in [0.15, 0.2) is 5.17 Å². The first-order valence-corrected chi connectivity index (χ1v) is 7.64. The maximum absolute atomic E-state index is 4.60. The van der Waals surface area contributed by atoms with Gasteiger partial charge in [-0.05, 0) is 43.4 Å². The Bertz CT molecular complexity index is 468. The molecule has 1 aliphatic heterocycles. The van der Waals surface area contributed by atoms with Crippen molar-refractivity contribution in [3.05, 3.63) is 28.2 Å². The summed E-state index contributed by atoms with van der Waals surface area (Å²) in [4.78, 5) is 4.60. The molecule has 3 rings (SSSR count). The van der Waals surface area contributed by atoms with Crippen LogP contribution in [0.2, 0.25) is 0 Å². The zero-order valence-corrected chi connectivity index (χ0v) is 12.1. The van der Waals surface area contributed by atoms with Crippen molar-refractivity contribution in [3.63, 3.8) is 0 Å². The normalized spacial score (nSPS) is 23.6. The Morgan fingerprint density at radius 1 is 1.41 bits per heavy atom. The number of nitrogens with one attached hydrogen (secondary N) is 1. The molecule has 0 radical (unpaired) electrons. The number of aliphatic imine (C=N–C) groups is 1. The molecule has 1 heterocycles. The summed E-state index contributed by atoms with van der Waals surface area (Å²) in [5.41, 5.74) is 2.40. The van der Waals surface area contributed by atoms with Crippen LogP contribution in [0.3, 0.4) is 0 Å². The first kappa shape index (κ1) is 11.6. The summed E-state index contributed by atoms with van der Waals surface area (Å²) in [6.45, 7) is 3.11. The van der Waals surface area contributed by atoms with Crippen LogP contribution in [-0.2, 0) is 0 Å². The number of hydrogen-bond donors (Lipinski definition) is 1. The van der Waals surface area contributed by atoms with Crippen LogP contribution in [0.5, 0.6) is 0 Å². The fourth-order valence-electron chi connectivity index (χ4n) is 2.03. The molecule has 1 unspecified atom stereocenters. The number of rotatable bonds is 2. The van der Waals surface area contributed by atoms with Gasteiger partial charge in [0, 0.05) is 15.4 Å². The summed E-state index contributed by atoms with van der Waals surface area (Å²) in [7, 11) is 0. The minimum atomic E-state index is 0.727. The van der Waals surface area contributed by atoms with E-state index in [1.54, 1.807) is 0 Å². The highest BCUT2D eigenvalue weighted by atomic mass is 79.9. The van der Waals surface area contributed by atoms with Crippen LogP contribution in [0.25, 0.3) is 0 Å². The van der Waals surface area contributed by atoms with Crippen LogP contribution in [0, 0.1) is 12.8 Å². The van der Waals surface area contributed by atoms with Crippen molar-refractivity contribution in [2.45, 2.75) is 25.0 Å². The molecule has 1 atom stereocenters. The van der Waals surface area contributed by atoms with Crippen molar-refractivity contribution in [2.75, 3.05) is 11.9 Å². The predicted octanol–water partition coefficient (Wildman–Crippen LogP) is 4.05. The van der Waals surface area contributed by atoms with Crippen molar-refractivity contribution in [1.82, 2.24) is 0 Å². The van der Waals surface area contributed by atoms with Gasteiger partial charge in [0.05, 0.1) is 6.54 Å². The summed E-state index contributed by atoms with van der Waals surface area (Å²) in [5, 5.41) is 5.26. The van der Waals surface area contributed by atoms with Crippen molar-refractivity contribution >= 4 is 38.5 Å². The highest BCUT2D eigenvalue weighted by molar-refractivity contribution is 9.10. The molecule has 1 fully saturated rings. The third-order valence-electron chi connectivity index (χ3n) is 3.33. The maximum Gasteiger partial charge on any atom is 0.161 e. The van der Waals surface area contributed by atoms with Gasteiger partial charge in [-0.25, -0.2) is 0 Å². The average molecular weight is 311 g/mol. The summed E-state index contributed by atoms with van der Waals surface area (Å²) in [6.07, 6.45) is 2.80. The van der Waals surface area contributed by atoms with E-state index in [0.717, 1.165) is 33.0 Å². The van der Waals surface area contributed by atoms with E-state index in [2.05, 4.69) is 51.4 Å². The van der Waals surface area contributed by atoms with E-state index in [4.69, 9.17) is 0 Å². The SMILES string of the molecule is Cc1c(Br)cccc1NC1=NCC(C2CC2)S1. The fraction of sp³-hybridized carbons (Fsp3) is 0.462. The first-order chi connectivity index (χ1) is 8.24. The second-order valence-electron chi connectivity index (χ2n) is 4.68. The molecular formula is C13H15BrN2S. The molecule has 0 saturated heterocycles. The van der Waals surface area contributed by atoms with Gasteiger partial charge >= 0.3 is 0 Å². The molecule has 4 heteroatoms. The molecule has 2 nitrogen and oxygen atoms in total. The highest BCUT2D eigenvalue weighted by Gasteiger charge is 2.35. The van der Waals surface area contributed by atoms with E-state index in [1.165, 1.54) is 18.4 Å². The number of benzene rings is 1. The molecule has 90 valence electrons. The van der Waals surface area contributed by atoms with Crippen molar-refractivity contribution < 1.29 is 0 Å². The van der Waals surface area contributed by atoms with Gasteiger partial charge in [0.25, 0.3) is 0 Å². The van der Waals surface area contributed by atoms with Crippen LogP contribution in [0.4, 0.5) is 5.69 Å². The molecule has 17 heavy (non-hydrogen) atoms. The zero-order valence-electron chi connectivity index (χ0n) is 9.74. The first-order valence-electron chi connectivity index (χ1n) is 5.97. The zero-order chi connectivity index (χ0) is 11.8. The molecular weight excluding hydrogens is 296 g/mol. The molecule has 1 aromatic carbocycles. The number of nitrogens with zero attached hydrogens (tertiary/aromatic N) is 1. The molecule has 0 amide bonds. The minimum absolute atomic E-state index is 0.727. The molecule has 1 N–H and O–H groups in total. The van der Waals surface area contributed by atoms with E-state index in [9.17, 15) is 0 Å². The number of thioether (sulfide) groups is 1. The summed E-state index contributed by atoms with van der Waals surface area (Å²) < 4.78 is 1.14. The molecule has 1 aliphatic carbocycles. The molecule has 2 aliphatic rings. The highest BCUT2D eigenvalue weighted by Crippen LogP contribution is 2.42. The van der Waals surface area contributed by atoms with E-state index >= 15 is 0 Å². The lowest BCUT2D eigenvalue weighted by atomic mass is 10.2. The van der Waals surface area contributed by atoms with E-state index in [1.807, 2.05) is 11.8 Å². The third-order valence-corrected chi connectivity index (χ3v) is 5.49. The van der Waals surface area contributed by atoms with Gasteiger partial charge in [-0.2, -0.15) is 0 Å². The molecule has 1 aromatic rings. The maximum atomic E-state index is 4.60. The standard InChI is InChI=1S/C13H15BrN2S/c1-8-10(14)3-2-4-11(8)16-13-15-7-12(17-13)9-5-6-9/h2-4,9,12H,5-7H2,1H3,(H,15,16). The van der Waals surface area contributed by atoms with Crippen molar-refractivity contribution in [3.8, 4) is 0 Å². The second-order valence-corrected chi connectivity index (χ2v) is 6.76. The topological polar surface area (TPSA) is 24.4 Å². The Morgan fingerprint density at radius 2 is 2.24 bits per heavy atom. The number of amidine groups is 1. The number of hydrogen-bond acceptors (Lipinski definition) is 3. The number of anilines is 1. The van der Waals surface area contributed by atoms with Gasteiger partial charge in [0.2, 0.25) is 0 Å². The number of halogens is 1. The van der Waals surface area contributed by atoms with Gasteiger partial charge < -0.3 is 5.32 Å². The average Bonchev–Trinajstić information content (AvgIpc) is 3.06. The largest absolute Gasteiger partial charge is 0.335 e. The van der Waals surface area contributed by atoms with Crippen LogP contribution in [0.1, 0.15) is 18.4 Å². The van der Waals surface area contributed by atoms with Crippen LogP contribution in [-0.4, -0.2) is 17.0 Å². The van der Waals surface area contributed by atoms with Crippen molar-refractivity contribution in [1.29, 1.82) is 0 Å². The Hall–Kier alpha value is -0.480. The van der Waals surface area contributed by atoms with Crippen LogP contribution in [0.15, 0.2) is 27.7 Å². The van der Waals surface area contributed by atoms with Gasteiger partial charge in [-0.15, -0.1) is 0 Å². The summed E-state index contributed by atoms with van der Waals surface area (Å²) >= 11 is 5.47. The summed E-state index contributed by atoms with van der Waals surface area (Å²) in [5.74, 6) is 0.923. The van der Waals surface area contributed by atoms with Gasteiger partial charge in [0.1, 0.15) is 0 Å². The third kappa shape index (κ3) is 2.52. The van der Waals surface area contributed by atoms with Crippen molar-refractivity contribution in [2.24, 2.45) is 10.9 Å². The Balaban J connectivity index is 1.69. The monoisotopic (exact) mass is 310 g/mol. The van der Waals surface area contributed by atoms with Gasteiger partial charge in [-0.3, -0.25) is 4.99 Å². The Labute approximate surface area is 114 Å². The smallest absolute Gasteiger partial charge is 0.161 e. The second kappa shape index (κ2) is 4.65. The van der Waals surface area contributed by atoms with E-state index < -0.39 is 0 Å². The van der Waals surface area contributed by atoms with Gasteiger partial charge in [-0.1, -0.05) is 33.8 Å². The quantitative estimate of drug-likeness (QED) is 0.891. The Kier molecular flexibility index (Phi) is 3.17. The molecule has 1 saturated carbocycles. The Morgan fingerprint density at radius 3 is 3.00 bits per heavy atom. The van der Waals surface area contributed by atoms with E-state index in [0.29, 0.717) is 0 Å². The molecule has 0 spiro atoms. The van der Waals surface area contributed by atoms with E-state index in [-0.39, 0.29) is 0 Å². The van der Waals surface area contributed by atoms with Crippen LogP contribution >= 0.6 is 27.7 Å². The molecule has 0 aromatic heterocycles. The lowest BCUT2D eigenvalue weighted by molar-refractivity contribution is 0.773.